The van der Waals surface area contributed by atoms with E-state index in [1.807, 2.05) is 19.9 Å². The third-order valence-corrected chi connectivity index (χ3v) is 3.86. The minimum Gasteiger partial charge on any atom is -0.353 e. The van der Waals surface area contributed by atoms with E-state index in [2.05, 4.69) is 43.3 Å². The predicted octanol–water partition coefficient (Wildman–Crippen LogP) is 1.24. The molecule has 106 valence electrons. The molecule has 6 nitrogen and oxygen atoms in total. The van der Waals surface area contributed by atoms with Crippen molar-refractivity contribution in [3.63, 3.8) is 0 Å². The molecule has 2 aromatic rings. The molecule has 3 heterocycles. The molecule has 0 saturated carbocycles. The molecule has 0 atom stereocenters. The Morgan fingerprint density at radius 1 is 1.05 bits per heavy atom. The van der Waals surface area contributed by atoms with Crippen molar-refractivity contribution in [2.24, 2.45) is 0 Å². The number of H-pyrrole nitrogens is 1. The van der Waals surface area contributed by atoms with Crippen LogP contribution in [0, 0.1) is 13.8 Å². The van der Waals surface area contributed by atoms with Crippen LogP contribution in [0.5, 0.6) is 0 Å². The highest BCUT2D eigenvalue weighted by atomic mass is 15.3. The molecule has 1 aliphatic heterocycles. The van der Waals surface area contributed by atoms with E-state index < -0.39 is 0 Å². The third kappa shape index (κ3) is 2.38. The summed E-state index contributed by atoms with van der Waals surface area (Å²) in [5.74, 6) is 0.959. The first-order valence-electron chi connectivity index (χ1n) is 6.94. The van der Waals surface area contributed by atoms with Gasteiger partial charge in [0.05, 0.1) is 11.4 Å². The Morgan fingerprint density at radius 2 is 1.80 bits per heavy atom. The Kier molecular flexibility index (Phi) is 3.40. The fraction of sp³-hybridized carbons (Fsp3) is 0.500. The number of anilines is 1. The van der Waals surface area contributed by atoms with Crippen LogP contribution in [-0.2, 0) is 0 Å². The molecular formula is C14H20N6. The van der Waals surface area contributed by atoms with Crippen molar-refractivity contribution in [1.29, 1.82) is 0 Å². The number of hydrogen-bond acceptors (Lipinski definition) is 5. The van der Waals surface area contributed by atoms with Crippen molar-refractivity contribution in [3.05, 3.63) is 23.5 Å². The molecule has 1 aliphatic rings. The summed E-state index contributed by atoms with van der Waals surface area (Å²) in [4.78, 5) is 4.61. The van der Waals surface area contributed by atoms with Crippen LogP contribution in [0.15, 0.2) is 12.1 Å². The maximum atomic E-state index is 4.38. The molecule has 3 rings (SSSR count). The van der Waals surface area contributed by atoms with Crippen LogP contribution in [0.1, 0.15) is 11.4 Å². The Bertz CT molecular complexity index is 561. The minimum absolute atomic E-state index is 0.881. The largest absolute Gasteiger partial charge is 0.353 e. The number of rotatable bonds is 2. The van der Waals surface area contributed by atoms with Gasteiger partial charge in [-0.2, -0.15) is 5.10 Å². The van der Waals surface area contributed by atoms with Gasteiger partial charge in [0, 0.05) is 37.4 Å². The molecule has 0 radical (unpaired) electrons. The molecule has 1 fully saturated rings. The van der Waals surface area contributed by atoms with Gasteiger partial charge in [-0.3, -0.25) is 5.10 Å². The van der Waals surface area contributed by atoms with E-state index in [9.17, 15) is 0 Å². The lowest BCUT2D eigenvalue weighted by molar-refractivity contribution is 0.312. The Balaban J connectivity index is 1.81. The first-order valence-corrected chi connectivity index (χ1v) is 6.94. The zero-order valence-electron chi connectivity index (χ0n) is 12.2. The Labute approximate surface area is 118 Å². The van der Waals surface area contributed by atoms with Gasteiger partial charge >= 0.3 is 0 Å². The summed E-state index contributed by atoms with van der Waals surface area (Å²) in [7, 11) is 2.15. The van der Waals surface area contributed by atoms with Crippen LogP contribution in [0.3, 0.4) is 0 Å². The van der Waals surface area contributed by atoms with E-state index in [4.69, 9.17) is 0 Å². The highest BCUT2D eigenvalue weighted by Gasteiger charge is 2.16. The molecule has 0 unspecified atom stereocenters. The zero-order valence-corrected chi connectivity index (χ0v) is 12.2. The molecule has 6 heteroatoms. The first kappa shape index (κ1) is 13.1. The summed E-state index contributed by atoms with van der Waals surface area (Å²) >= 11 is 0. The average Bonchev–Trinajstić information content (AvgIpc) is 2.79. The molecule has 0 bridgehead atoms. The van der Waals surface area contributed by atoms with Crippen molar-refractivity contribution in [1.82, 2.24) is 25.3 Å². The number of hydrogen-bond donors (Lipinski definition) is 1. The highest BCUT2D eigenvalue weighted by molar-refractivity contribution is 5.64. The van der Waals surface area contributed by atoms with Crippen LogP contribution in [-0.4, -0.2) is 58.5 Å². The van der Waals surface area contributed by atoms with Crippen LogP contribution < -0.4 is 4.90 Å². The second kappa shape index (κ2) is 5.20. The number of aromatic amines is 1. The molecule has 20 heavy (non-hydrogen) atoms. The van der Waals surface area contributed by atoms with Gasteiger partial charge in [-0.25, -0.2) is 0 Å². The quantitative estimate of drug-likeness (QED) is 0.891. The van der Waals surface area contributed by atoms with E-state index in [1.54, 1.807) is 0 Å². The number of likely N-dealkylation sites (N-methyl/N-ethyl adjacent to an activating group) is 1. The molecule has 2 aromatic heterocycles. The van der Waals surface area contributed by atoms with Gasteiger partial charge in [0.2, 0.25) is 0 Å². The van der Waals surface area contributed by atoms with Gasteiger partial charge in [-0.1, -0.05) is 0 Å². The Hall–Kier alpha value is -1.95. The maximum absolute atomic E-state index is 4.38. The van der Waals surface area contributed by atoms with Crippen LogP contribution in [0.2, 0.25) is 0 Å². The van der Waals surface area contributed by atoms with E-state index in [-0.39, 0.29) is 0 Å². The molecular weight excluding hydrogens is 252 g/mol. The number of aryl methyl sites for hydroxylation is 2. The Morgan fingerprint density at radius 3 is 2.35 bits per heavy atom. The van der Waals surface area contributed by atoms with Gasteiger partial charge < -0.3 is 9.80 Å². The second-order valence-electron chi connectivity index (χ2n) is 5.38. The standard InChI is InChI=1S/C14H20N6/c1-10-14(11(2)16-15-10)12-4-5-13(18-17-12)20-8-6-19(3)7-9-20/h4-5H,6-9H2,1-3H3,(H,15,16). The van der Waals surface area contributed by atoms with Crippen molar-refractivity contribution < 1.29 is 0 Å². The number of aromatic nitrogens is 4. The maximum Gasteiger partial charge on any atom is 0.151 e. The summed E-state index contributed by atoms with van der Waals surface area (Å²) in [6, 6.07) is 4.09. The van der Waals surface area contributed by atoms with E-state index in [0.717, 1.165) is 54.6 Å². The third-order valence-electron chi connectivity index (χ3n) is 3.86. The summed E-state index contributed by atoms with van der Waals surface area (Å²) < 4.78 is 0. The average molecular weight is 272 g/mol. The van der Waals surface area contributed by atoms with Crippen LogP contribution >= 0.6 is 0 Å². The van der Waals surface area contributed by atoms with Gasteiger partial charge in [0.15, 0.2) is 5.82 Å². The lowest BCUT2D eigenvalue weighted by Gasteiger charge is -2.32. The monoisotopic (exact) mass is 272 g/mol. The summed E-state index contributed by atoms with van der Waals surface area (Å²) in [5, 5.41) is 15.9. The predicted molar refractivity (Wildman–Crippen MR) is 78.8 cm³/mol. The van der Waals surface area contributed by atoms with Gasteiger partial charge in [-0.05, 0) is 33.0 Å². The zero-order chi connectivity index (χ0) is 14.1. The van der Waals surface area contributed by atoms with Gasteiger partial charge in [-0.15, -0.1) is 10.2 Å². The van der Waals surface area contributed by atoms with Gasteiger partial charge in [0.1, 0.15) is 0 Å². The van der Waals surface area contributed by atoms with E-state index >= 15 is 0 Å². The van der Waals surface area contributed by atoms with Crippen molar-refractivity contribution in [2.45, 2.75) is 13.8 Å². The molecule has 1 saturated heterocycles. The van der Waals surface area contributed by atoms with Crippen molar-refractivity contribution in [2.75, 3.05) is 38.1 Å². The smallest absolute Gasteiger partial charge is 0.151 e. The van der Waals surface area contributed by atoms with Crippen LogP contribution in [0.4, 0.5) is 5.82 Å². The fourth-order valence-corrected chi connectivity index (χ4v) is 2.59. The topological polar surface area (TPSA) is 60.9 Å². The molecule has 0 amide bonds. The lowest BCUT2D eigenvalue weighted by atomic mass is 10.1. The lowest BCUT2D eigenvalue weighted by Crippen LogP contribution is -2.44. The number of nitrogens with zero attached hydrogens (tertiary/aromatic N) is 5. The van der Waals surface area contributed by atoms with Crippen LogP contribution in [0.25, 0.3) is 11.3 Å². The van der Waals surface area contributed by atoms with E-state index in [1.165, 1.54) is 0 Å². The summed E-state index contributed by atoms with van der Waals surface area (Å²) in [6.07, 6.45) is 0. The summed E-state index contributed by atoms with van der Waals surface area (Å²) in [6.45, 7) is 8.15. The highest BCUT2D eigenvalue weighted by Crippen LogP contribution is 2.24. The van der Waals surface area contributed by atoms with Crippen molar-refractivity contribution >= 4 is 5.82 Å². The summed E-state index contributed by atoms with van der Waals surface area (Å²) in [5.41, 5.74) is 3.93. The molecule has 1 N–H and O–H groups in total. The van der Waals surface area contributed by atoms with Crippen molar-refractivity contribution in [3.8, 4) is 11.3 Å². The molecule has 0 aromatic carbocycles. The first-order chi connectivity index (χ1) is 9.65. The SMILES string of the molecule is Cc1n[nH]c(C)c1-c1ccc(N2CCN(C)CC2)nn1. The minimum atomic E-state index is 0.881. The number of nitrogens with one attached hydrogen (secondary N) is 1. The second-order valence-corrected chi connectivity index (χ2v) is 5.38. The molecule has 0 aliphatic carbocycles. The fourth-order valence-electron chi connectivity index (χ4n) is 2.59. The van der Waals surface area contributed by atoms with E-state index in [0.29, 0.717) is 0 Å². The normalized spacial score (nSPS) is 16.6. The van der Waals surface area contributed by atoms with Gasteiger partial charge in [0.25, 0.3) is 0 Å². The molecule has 0 spiro atoms. The number of piperazine rings is 1.